The molecule has 0 spiro atoms. The zero-order valence-electron chi connectivity index (χ0n) is 18.1. The van der Waals surface area contributed by atoms with E-state index in [0.717, 1.165) is 25.7 Å². The van der Waals surface area contributed by atoms with Crippen molar-refractivity contribution >= 4 is 7.82 Å². The summed E-state index contributed by atoms with van der Waals surface area (Å²) in [4.78, 5) is 9.60. The fourth-order valence-corrected chi connectivity index (χ4v) is 3.74. The predicted molar refractivity (Wildman–Crippen MR) is 115 cm³/mol. The number of hydrogen-bond acceptors (Lipinski definition) is 4. The zero-order valence-corrected chi connectivity index (χ0v) is 18.9. The average molecular weight is 408 g/mol. The molecule has 0 rings (SSSR count). The van der Waals surface area contributed by atoms with Gasteiger partial charge in [-0.25, -0.2) is 4.57 Å². The van der Waals surface area contributed by atoms with E-state index in [4.69, 9.17) is 9.15 Å². The van der Waals surface area contributed by atoms with Gasteiger partial charge in [-0.05, 0) is 12.8 Å². The highest BCUT2D eigenvalue weighted by molar-refractivity contribution is 7.47. The lowest BCUT2D eigenvalue weighted by atomic mass is 10.1. The quantitative estimate of drug-likeness (QED) is 0.112. The molecule has 0 fully saturated rings. The Labute approximate surface area is 168 Å². The molecular formula is C21H46NO4P. The van der Waals surface area contributed by atoms with Crippen LogP contribution in [0.25, 0.3) is 0 Å². The molecule has 0 saturated heterocycles. The van der Waals surface area contributed by atoms with Crippen LogP contribution in [0, 0.1) is 0 Å². The summed E-state index contributed by atoms with van der Waals surface area (Å²) in [7, 11) is -3.95. The van der Waals surface area contributed by atoms with Crippen LogP contribution in [0.1, 0.15) is 123 Å². The Morgan fingerprint density at radius 3 is 1.56 bits per heavy atom. The normalized spacial score (nSPS) is 13.7. The molecule has 0 aliphatic rings. The second-order valence-corrected chi connectivity index (χ2v) is 8.97. The van der Waals surface area contributed by atoms with Gasteiger partial charge >= 0.3 is 7.82 Å². The van der Waals surface area contributed by atoms with Gasteiger partial charge in [-0.2, -0.15) is 10.1 Å². The van der Waals surface area contributed by atoms with Gasteiger partial charge in [0.2, 0.25) is 0 Å². The summed E-state index contributed by atoms with van der Waals surface area (Å²) in [6.07, 6.45) is 20.8. The molecule has 2 N–H and O–H groups in total. The van der Waals surface area contributed by atoms with Crippen LogP contribution in [0.5, 0.6) is 0 Å². The van der Waals surface area contributed by atoms with E-state index in [9.17, 15) is 9.46 Å². The van der Waals surface area contributed by atoms with Crippen LogP contribution in [0.4, 0.5) is 0 Å². The summed E-state index contributed by atoms with van der Waals surface area (Å²) < 4.78 is 21.5. The Morgan fingerprint density at radius 2 is 1.07 bits per heavy atom. The van der Waals surface area contributed by atoms with E-state index in [1.165, 1.54) is 83.5 Å². The van der Waals surface area contributed by atoms with Gasteiger partial charge in [-0.3, -0.25) is 4.52 Å². The Hall–Kier alpha value is 0.0700. The van der Waals surface area contributed by atoms with E-state index in [1.54, 1.807) is 0 Å². The maximum atomic E-state index is 11.7. The molecule has 0 saturated carbocycles. The van der Waals surface area contributed by atoms with Crippen molar-refractivity contribution in [1.29, 1.82) is 0 Å². The van der Waals surface area contributed by atoms with Crippen molar-refractivity contribution < 1.29 is 18.6 Å². The van der Waals surface area contributed by atoms with Gasteiger partial charge in [0.25, 0.3) is 0 Å². The molecule has 0 aliphatic heterocycles. The number of phosphoric ester groups is 1. The molecule has 164 valence electrons. The molecule has 0 aromatic heterocycles. The van der Waals surface area contributed by atoms with Gasteiger partial charge in [0.1, 0.15) is 0 Å². The minimum absolute atomic E-state index is 0.281. The standard InChI is InChI=1S/C21H46NO4P/c1-3-5-7-9-11-12-13-14-15-17-19-21-25-27(23,24)26-22-20-18-16-10-8-6-4-2/h22H,3-21H2,1-2H3,(H,23,24). The van der Waals surface area contributed by atoms with E-state index >= 15 is 0 Å². The van der Waals surface area contributed by atoms with Gasteiger partial charge in [0, 0.05) is 6.54 Å². The Kier molecular flexibility index (Phi) is 20.8. The molecule has 1 atom stereocenters. The van der Waals surface area contributed by atoms with Gasteiger partial charge in [-0.15, -0.1) is 0 Å². The van der Waals surface area contributed by atoms with E-state index in [0.29, 0.717) is 6.54 Å². The monoisotopic (exact) mass is 407 g/mol. The molecule has 0 bridgehead atoms. The number of unbranched alkanes of at least 4 members (excludes halogenated alkanes) is 15. The van der Waals surface area contributed by atoms with E-state index in [2.05, 4.69) is 19.3 Å². The maximum absolute atomic E-state index is 11.7. The van der Waals surface area contributed by atoms with Crippen LogP contribution in [-0.2, 0) is 13.7 Å². The zero-order chi connectivity index (χ0) is 20.1. The highest BCUT2D eigenvalue weighted by atomic mass is 31.2. The molecule has 0 heterocycles. The fraction of sp³-hybridized carbons (Fsp3) is 1.00. The summed E-state index contributed by atoms with van der Waals surface area (Å²) in [6.45, 7) is 5.31. The molecule has 0 aromatic rings. The number of phosphoric acid groups is 1. The summed E-state index contributed by atoms with van der Waals surface area (Å²) in [6, 6.07) is 0. The minimum Gasteiger partial charge on any atom is -0.301 e. The smallest absolute Gasteiger partial charge is 0.301 e. The molecular weight excluding hydrogens is 361 g/mol. The number of rotatable bonds is 22. The third-order valence-electron chi connectivity index (χ3n) is 4.81. The van der Waals surface area contributed by atoms with Crippen molar-refractivity contribution in [3.05, 3.63) is 0 Å². The summed E-state index contributed by atoms with van der Waals surface area (Å²) in [5.74, 6) is 0. The van der Waals surface area contributed by atoms with Gasteiger partial charge in [0.05, 0.1) is 6.61 Å². The molecule has 5 nitrogen and oxygen atoms in total. The van der Waals surface area contributed by atoms with Crippen molar-refractivity contribution in [1.82, 2.24) is 5.48 Å². The van der Waals surface area contributed by atoms with Crippen LogP contribution < -0.4 is 5.48 Å². The fourth-order valence-electron chi connectivity index (χ4n) is 3.08. The SMILES string of the molecule is CCCCCCCCCCCCCOP(=O)(O)ONCCCCCCCC. The highest BCUT2D eigenvalue weighted by Crippen LogP contribution is 2.42. The third-order valence-corrected chi connectivity index (χ3v) is 5.68. The second-order valence-electron chi connectivity index (χ2n) is 7.59. The molecule has 27 heavy (non-hydrogen) atoms. The summed E-state index contributed by atoms with van der Waals surface area (Å²) in [5, 5.41) is 0. The van der Waals surface area contributed by atoms with Crippen LogP contribution in [0.3, 0.4) is 0 Å². The minimum atomic E-state index is -3.95. The lowest BCUT2D eigenvalue weighted by Crippen LogP contribution is -2.15. The Bertz CT molecular complexity index is 342. The van der Waals surface area contributed by atoms with Crippen LogP contribution in [-0.4, -0.2) is 18.0 Å². The first-order valence-electron chi connectivity index (χ1n) is 11.5. The van der Waals surface area contributed by atoms with Gasteiger partial charge < -0.3 is 4.89 Å². The lowest BCUT2D eigenvalue weighted by Gasteiger charge is -2.12. The van der Waals surface area contributed by atoms with Crippen molar-refractivity contribution in [2.75, 3.05) is 13.2 Å². The van der Waals surface area contributed by atoms with E-state index in [1.807, 2.05) is 0 Å². The second kappa shape index (κ2) is 20.8. The van der Waals surface area contributed by atoms with Gasteiger partial charge in [0.15, 0.2) is 0 Å². The maximum Gasteiger partial charge on any atom is 0.488 e. The van der Waals surface area contributed by atoms with E-state index in [-0.39, 0.29) is 6.61 Å². The Morgan fingerprint density at radius 1 is 0.667 bits per heavy atom. The first kappa shape index (κ1) is 27.1. The molecule has 0 radical (unpaired) electrons. The van der Waals surface area contributed by atoms with Crippen LogP contribution in [0.2, 0.25) is 0 Å². The average Bonchev–Trinajstić information content (AvgIpc) is 2.64. The molecule has 0 aliphatic carbocycles. The first-order chi connectivity index (χ1) is 13.1. The predicted octanol–water partition coefficient (Wildman–Crippen LogP) is 7.30. The summed E-state index contributed by atoms with van der Waals surface area (Å²) in [5.41, 5.74) is 2.57. The van der Waals surface area contributed by atoms with Crippen LogP contribution in [0.15, 0.2) is 0 Å². The topological polar surface area (TPSA) is 67.8 Å². The lowest BCUT2D eigenvalue weighted by molar-refractivity contribution is 0.0947. The largest absolute Gasteiger partial charge is 0.488 e. The molecule has 0 aromatic carbocycles. The molecule has 0 amide bonds. The molecule has 6 heteroatoms. The van der Waals surface area contributed by atoms with Crippen LogP contribution >= 0.6 is 7.82 Å². The number of hydrogen-bond donors (Lipinski definition) is 2. The number of nitrogens with one attached hydrogen (secondary N) is 1. The Balaban J connectivity index is 3.31. The molecule has 1 unspecified atom stereocenters. The number of hydroxylamine groups is 1. The van der Waals surface area contributed by atoms with Crippen molar-refractivity contribution in [3.63, 3.8) is 0 Å². The third kappa shape index (κ3) is 22.2. The summed E-state index contributed by atoms with van der Waals surface area (Å²) >= 11 is 0. The van der Waals surface area contributed by atoms with Crippen molar-refractivity contribution in [2.45, 2.75) is 123 Å². The van der Waals surface area contributed by atoms with Crippen molar-refractivity contribution in [3.8, 4) is 0 Å². The first-order valence-corrected chi connectivity index (χ1v) is 13.0. The van der Waals surface area contributed by atoms with E-state index < -0.39 is 7.82 Å². The highest BCUT2D eigenvalue weighted by Gasteiger charge is 2.20. The van der Waals surface area contributed by atoms with Crippen molar-refractivity contribution in [2.24, 2.45) is 0 Å². The van der Waals surface area contributed by atoms with Gasteiger partial charge in [-0.1, -0.05) is 110 Å².